The summed E-state index contributed by atoms with van der Waals surface area (Å²) in [6, 6.07) is 2.15. The van der Waals surface area contributed by atoms with Crippen molar-refractivity contribution < 1.29 is 0 Å². The molecular formula is C13H20N4S. The molecule has 0 spiro atoms. The van der Waals surface area contributed by atoms with Crippen molar-refractivity contribution in [2.75, 3.05) is 17.6 Å². The molecule has 4 nitrogen and oxygen atoms in total. The molecule has 0 saturated carbocycles. The van der Waals surface area contributed by atoms with Crippen LogP contribution in [0.4, 0.5) is 11.5 Å². The predicted octanol–water partition coefficient (Wildman–Crippen LogP) is 2.84. The lowest BCUT2D eigenvalue weighted by Crippen LogP contribution is -2.09. The van der Waals surface area contributed by atoms with Crippen LogP contribution in [0.15, 0.2) is 16.8 Å². The van der Waals surface area contributed by atoms with E-state index < -0.39 is 0 Å². The fourth-order valence-corrected chi connectivity index (χ4v) is 2.66. The van der Waals surface area contributed by atoms with Crippen molar-refractivity contribution in [1.29, 1.82) is 0 Å². The van der Waals surface area contributed by atoms with Crippen molar-refractivity contribution in [2.24, 2.45) is 7.05 Å². The smallest absolute Gasteiger partial charge is 0.147 e. The first-order valence-electron chi connectivity index (χ1n) is 6.17. The van der Waals surface area contributed by atoms with Crippen LogP contribution >= 0.6 is 11.3 Å². The van der Waals surface area contributed by atoms with Gasteiger partial charge in [-0.15, -0.1) is 0 Å². The molecule has 0 radical (unpaired) electrons. The summed E-state index contributed by atoms with van der Waals surface area (Å²) in [6.45, 7) is 5.08. The van der Waals surface area contributed by atoms with Crippen LogP contribution < -0.4 is 11.1 Å². The number of nitrogens with two attached hydrogens (primary N) is 1. The van der Waals surface area contributed by atoms with Crippen molar-refractivity contribution in [1.82, 2.24) is 9.78 Å². The summed E-state index contributed by atoms with van der Waals surface area (Å²) in [4.78, 5) is 0. The molecule has 0 aliphatic heterocycles. The van der Waals surface area contributed by atoms with Gasteiger partial charge >= 0.3 is 0 Å². The number of aromatic nitrogens is 2. The maximum atomic E-state index is 6.12. The van der Waals surface area contributed by atoms with Gasteiger partial charge in [0, 0.05) is 13.6 Å². The molecule has 2 heterocycles. The van der Waals surface area contributed by atoms with Crippen LogP contribution in [0.3, 0.4) is 0 Å². The molecule has 0 unspecified atom stereocenters. The average molecular weight is 264 g/mol. The number of nitrogens with zero attached hydrogens (tertiary/aromatic N) is 2. The van der Waals surface area contributed by atoms with E-state index in [2.05, 4.69) is 41.1 Å². The molecule has 0 saturated heterocycles. The van der Waals surface area contributed by atoms with E-state index in [1.807, 2.05) is 11.7 Å². The number of hydrogen-bond acceptors (Lipinski definition) is 4. The summed E-state index contributed by atoms with van der Waals surface area (Å²) in [5, 5.41) is 12.1. The highest BCUT2D eigenvalue weighted by Gasteiger charge is 2.15. The van der Waals surface area contributed by atoms with Crippen LogP contribution in [0, 0.1) is 0 Å². The third-order valence-electron chi connectivity index (χ3n) is 2.95. The fraction of sp³-hybridized carbons (Fsp3) is 0.462. The monoisotopic (exact) mass is 264 g/mol. The standard InChI is InChI=1S/C13H20N4S/c1-9(2)12-11(14)13(17(3)16-12)15-6-4-10-5-7-18-8-10/h5,7-9,15H,4,6,14H2,1-3H3. The van der Waals surface area contributed by atoms with Crippen LogP contribution in [0.5, 0.6) is 0 Å². The molecule has 2 aromatic heterocycles. The van der Waals surface area contributed by atoms with Gasteiger partial charge in [-0.05, 0) is 34.7 Å². The zero-order chi connectivity index (χ0) is 13.1. The molecule has 18 heavy (non-hydrogen) atoms. The Morgan fingerprint density at radius 3 is 2.83 bits per heavy atom. The van der Waals surface area contributed by atoms with E-state index in [1.54, 1.807) is 11.3 Å². The number of nitrogen functional groups attached to an aromatic ring is 1. The topological polar surface area (TPSA) is 55.9 Å². The molecule has 0 fully saturated rings. The van der Waals surface area contributed by atoms with E-state index in [0.717, 1.165) is 30.2 Å². The van der Waals surface area contributed by atoms with E-state index in [0.29, 0.717) is 5.92 Å². The molecule has 0 aromatic carbocycles. The van der Waals surface area contributed by atoms with Gasteiger partial charge in [0.05, 0.1) is 11.4 Å². The van der Waals surface area contributed by atoms with E-state index >= 15 is 0 Å². The quantitative estimate of drug-likeness (QED) is 0.873. The Hall–Kier alpha value is -1.49. The summed E-state index contributed by atoms with van der Waals surface area (Å²) in [7, 11) is 1.93. The number of nitrogens with one attached hydrogen (secondary N) is 1. The van der Waals surface area contributed by atoms with Crippen LogP contribution in [0.2, 0.25) is 0 Å². The largest absolute Gasteiger partial charge is 0.394 e. The minimum Gasteiger partial charge on any atom is -0.394 e. The third-order valence-corrected chi connectivity index (χ3v) is 3.68. The highest BCUT2D eigenvalue weighted by molar-refractivity contribution is 7.07. The number of hydrogen-bond donors (Lipinski definition) is 2. The molecule has 0 aliphatic carbocycles. The third kappa shape index (κ3) is 2.67. The summed E-state index contributed by atoms with van der Waals surface area (Å²) < 4.78 is 1.83. The SMILES string of the molecule is CC(C)c1nn(C)c(NCCc2ccsc2)c1N. The second-order valence-electron chi connectivity index (χ2n) is 4.73. The first-order valence-corrected chi connectivity index (χ1v) is 7.11. The predicted molar refractivity (Wildman–Crippen MR) is 78.2 cm³/mol. The Labute approximate surface area is 112 Å². The molecular weight excluding hydrogens is 244 g/mol. The molecule has 5 heteroatoms. The summed E-state index contributed by atoms with van der Waals surface area (Å²) >= 11 is 1.73. The normalized spacial score (nSPS) is 11.1. The van der Waals surface area contributed by atoms with Gasteiger partial charge in [0.15, 0.2) is 0 Å². The zero-order valence-electron chi connectivity index (χ0n) is 11.1. The molecule has 0 atom stereocenters. The van der Waals surface area contributed by atoms with E-state index in [9.17, 15) is 0 Å². The molecule has 2 aromatic rings. The minimum atomic E-state index is 0.351. The summed E-state index contributed by atoms with van der Waals surface area (Å²) in [5.74, 6) is 1.28. The Kier molecular flexibility index (Phi) is 3.91. The van der Waals surface area contributed by atoms with Gasteiger partial charge in [0.2, 0.25) is 0 Å². The van der Waals surface area contributed by atoms with Crippen molar-refractivity contribution >= 4 is 22.8 Å². The van der Waals surface area contributed by atoms with Crippen LogP contribution in [-0.4, -0.2) is 16.3 Å². The van der Waals surface area contributed by atoms with E-state index in [1.165, 1.54) is 5.56 Å². The van der Waals surface area contributed by atoms with Crippen LogP contribution in [-0.2, 0) is 13.5 Å². The van der Waals surface area contributed by atoms with Gasteiger partial charge in [-0.1, -0.05) is 13.8 Å². The highest BCUT2D eigenvalue weighted by Crippen LogP contribution is 2.27. The Morgan fingerprint density at radius 2 is 2.28 bits per heavy atom. The van der Waals surface area contributed by atoms with Gasteiger partial charge in [-0.2, -0.15) is 16.4 Å². The zero-order valence-corrected chi connectivity index (χ0v) is 11.9. The van der Waals surface area contributed by atoms with Crippen molar-refractivity contribution in [3.8, 4) is 0 Å². The summed E-state index contributed by atoms with van der Waals surface area (Å²) in [6.07, 6.45) is 1.01. The van der Waals surface area contributed by atoms with Crippen LogP contribution in [0.1, 0.15) is 31.0 Å². The van der Waals surface area contributed by atoms with Crippen molar-refractivity contribution in [2.45, 2.75) is 26.2 Å². The first kappa shape index (κ1) is 13.0. The number of aryl methyl sites for hydroxylation is 1. The Balaban J connectivity index is 2.01. The van der Waals surface area contributed by atoms with Gasteiger partial charge in [-0.25, -0.2) is 0 Å². The van der Waals surface area contributed by atoms with Crippen molar-refractivity contribution in [3.05, 3.63) is 28.1 Å². The van der Waals surface area contributed by atoms with Crippen molar-refractivity contribution in [3.63, 3.8) is 0 Å². The molecule has 0 aliphatic rings. The van der Waals surface area contributed by atoms with E-state index in [-0.39, 0.29) is 0 Å². The minimum absolute atomic E-state index is 0.351. The maximum Gasteiger partial charge on any atom is 0.147 e. The van der Waals surface area contributed by atoms with Gasteiger partial charge in [0.25, 0.3) is 0 Å². The number of rotatable bonds is 5. The molecule has 3 N–H and O–H groups in total. The van der Waals surface area contributed by atoms with Gasteiger partial charge < -0.3 is 11.1 Å². The fourth-order valence-electron chi connectivity index (χ4n) is 1.96. The molecule has 2 rings (SSSR count). The lowest BCUT2D eigenvalue weighted by atomic mass is 10.1. The lowest BCUT2D eigenvalue weighted by molar-refractivity contribution is 0.715. The Morgan fingerprint density at radius 1 is 1.50 bits per heavy atom. The number of anilines is 2. The molecule has 98 valence electrons. The second-order valence-corrected chi connectivity index (χ2v) is 5.51. The first-order chi connectivity index (χ1) is 8.59. The van der Waals surface area contributed by atoms with Crippen LogP contribution in [0.25, 0.3) is 0 Å². The lowest BCUT2D eigenvalue weighted by Gasteiger charge is -2.07. The summed E-state index contributed by atoms with van der Waals surface area (Å²) in [5.41, 5.74) is 9.22. The molecule has 0 bridgehead atoms. The Bertz CT molecular complexity index is 499. The molecule has 0 amide bonds. The number of thiophene rings is 1. The second kappa shape index (κ2) is 5.44. The van der Waals surface area contributed by atoms with Gasteiger partial charge in [-0.3, -0.25) is 4.68 Å². The average Bonchev–Trinajstić information content (AvgIpc) is 2.91. The maximum absolute atomic E-state index is 6.12. The van der Waals surface area contributed by atoms with Gasteiger partial charge in [0.1, 0.15) is 5.82 Å². The van der Waals surface area contributed by atoms with E-state index in [4.69, 9.17) is 5.73 Å². The highest BCUT2D eigenvalue weighted by atomic mass is 32.1.